The monoisotopic (exact) mass is 343 g/mol. The second-order valence-corrected chi connectivity index (χ2v) is 6.22. The smallest absolute Gasteiger partial charge is 0.320 e. The van der Waals surface area contributed by atoms with Crippen LogP contribution in [0.1, 0.15) is 12.2 Å². The maximum Gasteiger partial charge on any atom is 0.320 e. The van der Waals surface area contributed by atoms with Crippen LogP contribution < -0.4 is 15.5 Å². The Bertz CT molecular complexity index is 665. The van der Waals surface area contributed by atoms with E-state index in [1.54, 1.807) is 13.0 Å². The lowest BCUT2D eigenvalue weighted by atomic mass is 10.2. The molecule has 1 fully saturated rings. The van der Waals surface area contributed by atoms with Crippen molar-refractivity contribution in [3.63, 3.8) is 0 Å². The Balaban J connectivity index is 1.29. The van der Waals surface area contributed by atoms with E-state index >= 15 is 0 Å². The molecule has 1 aliphatic heterocycles. The van der Waals surface area contributed by atoms with Gasteiger partial charge in [0.15, 0.2) is 5.82 Å². The largest absolute Gasteiger partial charge is 0.369 e. The Kier molecular flexibility index (Phi) is 5.90. The number of anilines is 2. The number of piperazine rings is 1. The molecule has 7 nitrogen and oxygen atoms in total. The van der Waals surface area contributed by atoms with Gasteiger partial charge in [-0.3, -0.25) is 10.2 Å². The van der Waals surface area contributed by atoms with Gasteiger partial charge in [0.2, 0.25) is 0 Å². The van der Waals surface area contributed by atoms with Crippen molar-refractivity contribution in [3.8, 4) is 0 Å². The first-order valence-electron chi connectivity index (χ1n) is 8.71. The van der Waals surface area contributed by atoms with Crippen LogP contribution in [0.4, 0.5) is 16.3 Å². The van der Waals surface area contributed by atoms with Crippen molar-refractivity contribution >= 4 is 17.5 Å². The van der Waals surface area contributed by atoms with Gasteiger partial charge in [-0.1, -0.05) is 23.4 Å². The minimum atomic E-state index is -0.248. The average Bonchev–Trinajstić information content (AvgIpc) is 3.05. The van der Waals surface area contributed by atoms with E-state index in [1.165, 1.54) is 5.69 Å². The van der Waals surface area contributed by atoms with E-state index in [4.69, 9.17) is 4.52 Å². The predicted octanol–water partition coefficient (Wildman–Crippen LogP) is 2.32. The number of nitrogens with zero attached hydrogens (tertiary/aromatic N) is 3. The van der Waals surface area contributed by atoms with E-state index in [-0.39, 0.29) is 6.03 Å². The molecule has 2 N–H and O–H groups in total. The third kappa shape index (κ3) is 5.22. The van der Waals surface area contributed by atoms with Crippen LogP contribution in [0.15, 0.2) is 40.9 Å². The van der Waals surface area contributed by atoms with Crippen molar-refractivity contribution in [2.45, 2.75) is 13.3 Å². The van der Waals surface area contributed by atoms with Crippen LogP contribution in [0, 0.1) is 6.92 Å². The molecule has 2 amide bonds. The molecule has 7 heteroatoms. The number of aryl methyl sites for hydroxylation is 1. The van der Waals surface area contributed by atoms with Crippen LogP contribution in [0.2, 0.25) is 0 Å². The number of urea groups is 1. The summed E-state index contributed by atoms with van der Waals surface area (Å²) >= 11 is 0. The molecule has 1 aliphatic rings. The van der Waals surface area contributed by atoms with Gasteiger partial charge in [0.05, 0.1) is 0 Å². The van der Waals surface area contributed by atoms with Crippen molar-refractivity contribution in [2.75, 3.05) is 49.5 Å². The summed E-state index contributed by atoms with van der Waals surface area (Å²) in [6, 6.07) is 12.0. The Morgan fingerprint density at radius 1 is 1.20 bits per heavy atom. The molecule has 0 spiro atoms. The molecule has 1 saturated heterocycles. The van der Waals surface area contributed by atoms with E-state index in [0.717, 1.165) is 39.1 Å². The molecule has 3 rings (SSSR count). The molecule has 1 aromatic carbocycles. The summed E-state index contributed by atoms with van der Waals surface area (Å²) in [6.45, 7) is 7.62. The van der Waals surface area contributed by atoms with Crippen LogP contribution >= 0.6 is 0 Å². The fourth-order valence-electron chi connectivity index (χ4n) is 2.96. The Labute approximate surface area is 148 Å². The lowest BCUT2D eigenvalue weighted by Crippen LogP contribution is -2.47. The standard InChI is InChI=1S/C18H25N5O2/c1-15-14-17(21-25-15)20-18(24)19-8-5-9-22-10-12-23(13-11-22)16-6-3-2-4-7-16/h2-4,6-7,14H,5,8-13H2,1H3,(H2,19,20,21,24). The molecule has 0 aliphatic carbocycles. The van der Waals surface area contributed by atoms with Crippen molar-refractivity contribution < 1.29 is 9.32 Å². The van der Waals surface area contributed by atoms with Crippen molar-refractivity contribution in [1.82, 2.24) is 15.4 Å². The molecule has 0 atom stereocenters. The van der Waals surface area contributed by atoms with Gasteiger partial charge in [-0.15, -0.1) is 0 Å². The van der Waals surface area contributed by atoms with E-state index in [0.29, 0.717) is 18.1 Å². The summed E-state index contributed by atoms with van der Waals surface area (Å²) in [5.74, 6) is 1.11. The quantitative estimate of drug-likeness (QED) is 0.788. The number of hydrogen-bond acceptors (Lipinski definition) is 5. The SMILES string of the molecule is Cc1cc(NC(=O)NCCCN2CCN(c3ccccc3)CC2)no1. The molecule has 1 aromatic heterocycles. The Morgan fingerprint density at radius 2 is 1.96 bits per heavy atom. The zero-order valence-electron chi connectivity index (χ0n) is 14.6. The van der Waals surface area contributed by atoms with Crippen molar-refractivity contribution in [1.29, 1.82) is 0 Å². The van der Waals surface area contributed by atoms with Crippen LogP contribution in [0.25, 0.3) is 0 Å². The summed E-state index contributed by atoms with van der Waals surface area (Å²) in [4.78, 5) is 16.6. The lowest BCUT2D eigenvalue weighted by Gasteiger charge is -2.36. The highest BCUT2D eigenvalue weighted by Crippen LogP contribution is 2.15. The Hall–Kier alpha value is -2.54. The van der Waals surface area contributed by atoms with Crippen LogP contribution in [-0.4, -0.2) is 55.4 Å². The first kappa shape index (κ1) is 17.3. The van der Waals surface area contributed by atoms with Crippen LogP contribution in [0.5, 0.6) is 0 Å². The number of carbonyl (C=O) groups is 1. The number of rotatable bonds is 6. The van der Waals surface area contributed by atoms with Crippen molar-refractivity contribution in [2.24, 2.45) is 0 Å². The van der Waals surface area contributed by atoms with Gasteiger partial charge < -0.3 is 14.7 Å². The summed E-state index contributed by atoms with van der Waals surface area (Å²) in [7, 11) is 0. The average molecular weight is 343 g/mol. The highest BCUT2D eigenvalue weighted by molar-refractivity contribution is 5.88. The second kappa shape index (κ2) is 8.53. The summed E-state index contributed by atoms with van der Waals surface area (Å²) in [6.07, 6.45) is 0.927. The molecule has 2 heterocycles. The maximum absolute atomic E-state index is 11.7. The number of benzene rings is 1. The zero-order valence-corrected chi connectivity index (χ0v) is 14.6. The van der Waals surface area contributed by atoms with E-state index in [9.17, 15) is 4.79 Å². The summed E-state index contributed by atoms with van der Waals surface area (Å²) in [5.41, 5.74) is 1.29. The fourth-order valence-corrected chi connectivity index (χ4v) is 2.96. The van der Waals surface area contributed by atoms with Gasteiger partial charge in [0.1, 0.15) is 5.76 Å². The number of nitrogens with one attached hydrogen (secondary N) is 2. The van der Waals surface area contributed by atoms with E-state index in [2.05, 4.69) is 49.9 Å². The number of amides is 2. The number of aromatic nitrogens is 1. The molecule has 2 aromatic rings. The fraction of sp³-hybridized carbons (Fsp3) is 0.444. The van der Waals surface area contributed by atoms with Gasteiger partial charge in [-0.05, 0) is 32.0 Å². The molecule has 134 valence electrons. The third-order valence-electron chi connectivity index (χ3n) is 4.30. The zero-order chi connectivity index (χ0) is 17.5. The normalized spacial score (nSPS) is 15.2. The first-order valence-corrected chi connectivity index (χ1v) is 8.71. The third-order valence-corrected chi connectivity index (χ3v) is 4.30. The van der Waals surface area contributed by atoms with Gasteiger partial charge >= 0.3 is 6.03 Å². The van der Waals surface area contributed by atoms with E-state index < -0.39 is 0 Å². The highest BCUT2D eigenvalue weighted by Gasteiger charge is 2.16. The summed E-state index contributed by atoms with van der Waals surface area (Å²) in [5, 5.41) is 9.23. The van der Waals surface area contributed by atoms with Gasteiger partial charge in [0.25, 0.3) is 0 Å². The first-order chi connectivity index (χ1) is 12.2. The minimum Gasteiger partial charge on any atom is -0.369 e. The molecule has 0 bridgehead atoms. The van der Waals surface area contributed by atoms with E-state index in [1.807, 2.05) is 6.07 Å². The van der Waals surface area contributed by atoms with Gasteiger partial charge in [-0.25, -0.2) is 4.79 Å². The van der Waals surface area contributed by atoms with Crippen molar-refractivity contribution in [3.05, 3.63) is 42.2 Å². The highest BCUT2D eigenvalue weighted by atomic mass is 16.5. The van der Waals surface area contributed by atoms with Gasteiger partial charge in [0, 0.05) is 44.5 Å². The molecule has 25 heavy (non-hydrogen) atoms. The topological polar surface area (TPSA) is 73.6 Å². The molecular formula is C18H25N5O2. The molecule has 0 saturated carbocycles. The maximum atomic E-state index is 11.7. The molecule has 0 radical (unpaired) electrons. The predicted molar refractivity (Wildman–Crippen MR) is 98.0 cm³/mol. The Morgan fingerprint density at radius 3 is 2.64 bits per heavy atom. The van der Waals surface area contributed by atoms with Crippen LogP contribution in [-0.2, 0) is 0 Å². The minimum absolute atomic E-state index is 0.248. The number of para-hydroxylation sites is 1. The number of carbonyl (C=O) groups excluding carboxylic acids is 1. The second-order valence-electron chi connectivity index (χ2n) is 6.22. The molecular weight excluding hydrogens is 318 g/mol. The lowest BCUT2D eigenvalue weighted by molar-refractivity contribution is 0.244. The number of hydrogen-bond donors (Lipinski definition) is 2. The summed E-state index contributed by atoms with van der Waals surface area (Å²) < 4.78 is 4.91. The van der Waals surface area contributed by atoms with Crippen LogP contribution in [0.3, 0.4) is 0 Å². The van der Waals surface area contributed by atoms with Gasteiger partial charge in [-0.2, -0.15) is 0 Å². The molecule has 0 unspecified atom stereocenters.